The number of nitrogens with one attached hydrogen (secondary N) is 1. The summed E-state index contributed by atoms with van der Waals surface area (Å²) in [5.74, 6) is -1.75. The van der Waals surface area contributed by atoms with Gasteiger partial charge in [0.15, 0.2) is 0 Å². The number of sulfonamides is 1. The minimum Gasteiger partial charge on any atom is -0.316 e. The Labute approximate surface area is 129 Å². The molecule has 2 aliphatic rings. The number of hydrogen-bond donors (Lipinski definition) is 1. The summed E-state index contributed by atoms with van der Waals surface area (Å²) in [4.78, 5) is -0.307. The first-order chi connectivity index (χ1) is 9.41. The van der Waals surface area contributed by atoms with Crippen LogP contribution in [0, 0.1) is 17.0 Å². The third kappa shape index (κ3) is 3.06. The van der Waals surface area contributed by atoms with Crippen molar-refractivity contribution in [1.82, 2.24) is 9.62 Å². The molecule has 2 aliphatic heterocycles. The highest BCUT2D eigenvalue weighted by molar-refractivity contribution is 7.89. The first kappa shape index (κ1) is 16.6. The highest BCUT2D eigenvalue weighted by Gasteiger charge is 2.44. The molecule has 2 heterocycles. The number of benzene rings is 1. The van der Waals surface area contributed by atoms with E-state index in [1.165, 1.54) is 4.31 Å². The van der Waals surface area contributed by atoms with Crippen molar-refractivity contribution in [3.8, 4) is 0 Å². The van der Waals surface area contributed by atoms with Gasteiger partial charge in [0, 0.05) is 25.7 Å². The zero-order chi connectivity index (χ0) is 14.4. The summed E-state index contributed by atoms with van der Waals surface area (Å²) in [7, 11) is -3.82. The fourth-order valence-corrected chi connectivity index (χ4v) is 4.67. The highest BCUT2D eigenvalue weighted by Crippen LogP contribution is 2.38. The molecule has 1 spiro atoms. The van der Waals surface area contributed by atoms with E-state index in [0.29, 0.717) is 19.2 Å². The minimum atomic E-state index is -3.82. The van der Waals surface area contributed by atoms with Crippen molar-refractivity contribution in [3.63, 3.8) is 0 Å². The van der Waals surface area contributed by atoms with E-state index in [0.717, 1.165) is 38.1 Å². The van der Waals surface area contributed by atoms with Crippen LogP contribution in [0.25, 0.3) is 0 Å². The summed E-state index contributed by atoms with van der Waals surface area (Å²) in [6.45, 7) is 2.52. The second kappa shape index (κ2) is 5.79. The molecule has 118 valence electrons. The Morgan fingerprint density at radius 1 is 1.14 bits per heavy atom. The summed E-state index contributed by atoms with van der Waals surface area (Å²) in [6, 6.07) is 2.41. The lowest BCUT2D eigenvalue weighted by atomic mass is 9.87. The van der Waals surface area contributed by atoms with Crippen LogP contribution in [0.3, 0.4) is 0 Å². The molecule has 0 saturated carbocycles. The average Bonchev–Trinajstić information content (AvgIpc) is 2.99. The number of nitrogens with zero attached hydrogens (tertiary/aromatic N) is 1. The van der Waals surface area contributed by atoms with Gasteiger partial charge < -0.3 is 5.32 Å². The molecule has 0 aromatic heterocycles. The van der Waals surface area contributed by atoms with Gasteiger partial charge >= 0.3 is 0 Å². The summed E-state index contributed by atoms with van der Waals surface area (Å²) >= 11 is 0. The van der Waals surface area contributed by atoms with Gasteiger partial charge in [-0.2, -0.15) is 4.31 Å². The van der Waals surface area contributed by atoms with Gasteiger partial charge in [0.25, 0.3) is 0 Å². The van der Waals surface area contributed by atoms with Crippen molar-refractivity contribution in [2.45, 2.75) is 17.7 Å². The zero-order valence-electron chi connectivity index (χ0n) is 11.3. The molecule has 1 aromatic carbocycles. The topological polar surface area (TPSA) is 49.4 Å². The maximum Gasteiger partial charge on any atom is 0.243 e. The minimum absolute atomic E-state index is 0. The summed E-state index contributed by atoms with van der Waals surface area (Å²) < 4.78 is 52.7. The molecular formula is C13H17ClF2N2O2S. The van der Waals surface area contributed by atoms with E-state index >= 15 is 0 Å². The van der Waals surface area contributed by atoms with Crippen LogP contribution in [-0.4, -0.2) is 38.9 Å². The van der Waals surface area contributed by atoms with Gasteiger partial charge in [-0.25, -0.2) is 17.2 Å². The number of rotatable bonds is 2. The fraction of sp³-hybridized carbons (Fsp3) is 0.538. The quantitative estimate of drug-likeness (QED) is 0.894. The van der Waals surface area contributed by atoms with Crippen LogP contribution in [0.4, 0.5) is 8.78 Å². The molecule has 2 saturated heterocycles. The second-order valence-corrected chi connectivity index (χ2v) is 7.56. The molecule has 1 unspecified atom stereocenters. The van der Waals surface area contributed by atoms with Gasteiger partial charge in [-0.3, -0.25) is 0 Å². The van der Waals surface area contributed by atoms with Crippen molar-refractivity contribution in [1.29, 1.82) is 0 Å². The van der Waals surface area contributed by atoms with Crippen molar-refractivity contribution >= 4 is 22.4 Å². The predicted molar refractivity (Wildman–Crippen MR) is 76.9 cm³/mol. The van der Waals surface area contributed by atoms with E-state index in [2.05, 4.69) is 5.32 Å². The van der Waals surface area contributed by atoms with E-state index in [9.17, 15) is 17.2 Å². The number of hydrogen-bond acceptors (Lipinski definition) is 3. The lowest BCUT2D eigenvalue weighted by Gasteiger charge is -2.22. The van der Waals surface area contributed by atoms with E-state index in [-0.39, 0.29) is 22.7 Å². The van der Waals surface area contributed by atoms with Crippen LogP contribution in [0.1, 0.15) is 12.8 Å². The molecule has 1 atom stereocenters. The molecule has 4 nitrogen and oxygen atoms in total. The van der Waals surface area contributed by atoms with Crippen molar-refractivity contribution in [2.24, 2.45) is 5.41 Å². The molecule has 21 heavy (non-hydrogen) atoms. The Morgan fingerprint density at radius 2 is 1.81 bits per heavy atom. The largest absolute Gasteiger partial charge is 0.316 e. The van der Waals surface area contributed by atoms with Crippen molar-refractivity contribution < 1.29 is 17.2 Å². The van der Waals surface area contributed by atoms with Gasteiger partial charge in [-0.1, -0.05) is 0 Å². The molecular weight excluding hydrogens is 322 g/mol. The van der Waals surface area contributed by atoms with Gasteiger partial charge in [0.2, 0.25) is 10.0 Å². The predicted octanol–water partition coefficient (Wildman–Crippen LogP) is 1.76. The van der Waals surface area contributed by atoms with Gasteiger partial charge in [0.05, 0.1) is 4.90 Å². The van der Waals surface area contributed by atoms with Crippen LogP contribution < -0.4 is 5.32 Å². The molecule has 2 fully saturated rings. The molecule has 1 N–H and O–H groups in total. The van der Waals surface area contributed by atoms with Crippen LogP contribution in [0.15, 0.2) is 23.1 Å². The first-order valence-electron chi connectivity index (χ1n) is 6.58. The van der Waals surface area contributed by atoms with Crippen molar-refractivity contribution in [3.05, 3.63) is 29.8 Å². The third-order valence-electron chi connectivity index (χ3n) is 4.21. The SMILES string of the molecule is Cl.O=S(=O)(c1cc(F)cc(F)c1)N1CCC2(CCNC2)C1. The van der Waals surface area contributed by atoms with E-state index in [1.807, 2.05) is 0 Å². The first-order valence-corrected chi connectivity index (χ1v) is 8.02. The van der Waals surface area contributed by atoms with Crippen LogP contribution >= 0.6 is 12.4 Å². The Morgan fingerprint density at radius 3 is 2.38 bits per heavy atom. The molecule has 0 amide bonds. The third-order valence-corrected chi connectivity index (χ3v) is 6.03. The summed E-state index contributed by atoms with van der Waals surface area (Å²) in [6.07, 6.45) is 1.73. The zero-order valence-corrected chi connectivity index (χ0v) is 12.9. The van der Waals surface area contributed by atoms with Gasteiger partial charge in [-0.05, 0) is 36.9 Å². The van der Waals surface area contributed by atoms with Gasteiger partial charge in [-0.15, -0.1) is 12.4 Å². The smallest absolute Gasteiger partial charge is 0.243 e. The maximum atomic E-state index is 13.2. The summed E-state index contributed by atoms with van der Waals surface area (Å²) in [5.41, 5.74) is -0.0149. The lowest BCUT2D eigenvalue weighted by Crippen LogP contribution is -2.33. The van der Waals surface area contributed by atoms with Crippen LogP contribution in [0.5, 0.6) is 0 Å². The fourth-order valence-electron chi connectivity index (χ4n) is 3.07. The molecule has 8 heteroatoms. The molecule has 0 radical (unpaired) electrons. The van der Waals surface area contributed by atoms with Crippen LogP contribution in [0.2, 0.25) is 0 Å². The molecule has 3 rings (SSSR count). The number of halogens is 3. The second-order valence-electron chi connectivity index (χ2n) is 5.62. The average molecular weight is 339 g/mol. The molecule has 0 aliphatic carbocycles. The van der Waals surface area contributed by atoms with Gasteiger partial charge in [0.1, 0.15) is 11.6 Å². The van der Waals surface area contributed by atoms with E-state index in [4.69, 9.17) is 0 Å². The van der Waals surface area contributed by atoms with Crippen LogP contribution in [-0.2, 0) is 10.0 Å². The standard InChI is InChI=1S/C13H16F2N2O2S.ClH/c14-10-5-11(15)7-12(6-10)20(18,19)17-4-2-13(9-17)1-3-16-8-13;/h5-7,16H,1-4,8-9H2;1H. The molecule has 0 bridgehead atoms. The maximum absolute atomic E-state index is 13.2. The van der Waals surface area contributed by atoms with Crippen molar-refractivity contribution in [2.75, 3.05) is 26.2 Å². The highest BCUT2D eigenvalue weighted by atomic mass is 35.5. The normalized spacial score (nSPS) is 26.2. The Bertz CT molecular complexity index is 613. The summed E-state index contributed by atoms with van der Waals surface area (Å²) in [5, 5.41) is 3.24. The van der Waals surface area contributed by atoms with E-state index in [1.54, 1.807) is 0 Å². The Hall–Kier alpha value is -0.760. The Kier molecular flexibility index (Phi) is 4.58. The molecule has 1 aromatic rings. The Balaban J connectivity index is 0.00000161. The van der Waals surface area contributed by atoms with E-state index < -0.39 is 21.7 Å². The monoisotopic (exact) mass is 338 g/mol. The lowest BCUT2D eigenvalue weighted by molar-refractivity contribution is 0.338.